The van der Waals surface area contributed by atoms with Crippen molar-refractivity contribution in [2.24, 2.45) is 4.99 Å². The molecule has 152 valence electrons. The van der Waals surface area contributed by atoms with Crippen molar-refractivity contribution in [2.75, 3.05) is 25.1 Å². The minimum atomic E-state index is -0.398. The Morgan fingerprint density at radius 2 is 1.93 bits per heavy atom. The highest BCUT2D eigenvalue weighted by molar-refractivity contribution is 14.0. The van der Waals surface area contributed by atoms with Crippen LogP contribution in [-0.4, -0.2) is 41.0 Å². The lowest BCUT2D eigenvalue weighted by molar-refractivity contribution is -0.384. The van der Waals surface area contributed by atoms with Gasteiger partial charge < -0.3 is 10.6 Å². The van der Waals surface area contributed by atoms with Gasteiger partial charge in [0.05, 0.1) is 11.5 Å². The van der Waals surface area contributed by atoms with E-state index >= 15 is 0 Å². The van der Waals surface area contributed by atoms with Gasteiger partial charge >= 0.3 is 0 Å². The smallest absolute Gasteiger partial charge is 0.269 e. The number of pyridine rings is 1. The number of hydrogen-bond acceptors (Lipinski definition) is 5. The minimum Gasteiger partial charge on any atom is -0.356 e. The first-order valence-corrected chi connectivity index (χ1v) is 10.2. The topological polar surface area (TPSA) is 92.5 Å². The summed E-state index contributed by atoms with van der Waals surface area (Å²) in [6.07, 6.45) is 5.75. The van der Waals surface area contributed by atoms with E-state index in [1.54, 1.807) is 18.3 Å². The quantitative estimate of drug-likeness (QED) is 0.125. The van der Waals surface area contributed by atoms with E-state index in [4.69, 9.17) is 0 Å². The van der Waals surface area contributed by atoms with Gasteiger partial charge in [-0.05, 0) is 36.1 Å². The van der Waals surface area contributed by atoms with Crippen molar-refractivity contribution in [1.29, 1.82) is 0 Å². The van der Waals surface area contributed by atoms with E-state index in [0.29, 0.717) is 6.54 Å². The molecule has 0 saturated carbocycles. The van der Waals surface area contributed by atoms with Crippen LogP contribution in [0.2, 0.25) is 0 Å². The highest BCUT2D eigenvalue weighted by Gasteiger charge is 2.04. The fourth-order valence-corrected chi connectivity index (χ4v) is 2.78. The van der Waals surface area contributed by atoms with Gasteiger partial charge in [0, 0.05) is 43.5 Å². The molecular formula is C19H26IN5O2S. The normalized spacial score (nSPS) is 10.8. The predicted octanol–water partition coefficient (Wildman–Crippen LogP) is 3.64. The van der Waals surface area contributed by atoms with Crippen molar-refractivity contribution >= 4 is 47.4 Å². The fourth-order valence-electron chi connectivity index (χ4n) is 2.35. The molecule has 0 aliphatic rings. The number of nitro benzene ring substituents is 1. The zero-order chi connectivity index (χ0) is 19.3. The number of aromatic nitrogens is 1. The van der Waals surface area contributed by atoms with E-state index < -0.39 is 4.92 Å². The van der Waals surface area contributed by atoms with E-state index in [9.17, 15) is 10.1 Å². The molecule has 0 aliphatic carbocycles. The van der Waals surface area contributed by atoms with E-state index in [0.717, 1.165) is 48.9 Å². The Morgan fingerprint density at radius 3 is 2.57 bits per heavy atom. The first-order chi connectivity index (χ1) is 13.2. The minimum absolute atomic E-state index is 0. The van der Waals surface area contributed by atoms with Crippen LogP contribution in [0.3, 0.4) is 0 Å². The highest BCUT2D eigenvalue weighted by atomic mass is 127. The van der Waals surface area contributed by atoms with Crippen LogP contribution in [0.1, 0.15) is 17.7 Å². The molecule has 1 aromatic carbocycles. The summed E-state index contributed by atoms with van der Waals surface area (Å²) in [6, 6.07) is 12.4. The lowest BCUT2D eigenvalue weighted by Gasteiger charge is -2.12. The summed E-state index contributed by atoms with van der Waals surface area (Å²) in [4.78, 5) is 19.3. The van der Waals surface area contributed by atoms with Gasteiger partial charge in [0.25, 0.3) is 5.69 Å². The number of hydrogen-bond donors (Lipinski definition) is 2. The number of aliphatic imine (C=N–C) groups is 1. The van der Waals surface area contributed by atoms with Crippen molar-refractivity contribution in [3.05, 3.63) is 70.0 Å². The Hall–Kier alpha value is -1.88. The highest BCUT2D eigenvalue weighted by Crippen LogP contribution is 2.12. The summed E-state index contributed by atoms with van der Waals surface area (Å²) in [6.45, 7) is 2.03. The fraction of sp³-hybridized carbons (Fsp3) is 0.368. The predicted molar refractivity (Wildman–Crippen MR) is 127 cm³/mol. The number of nitrogens with zero attached hydrogens (tertiary/aromatic N) is 3. The van der Waals surface area contributed by atoms with Crippen molar-refractivity contribution < 1.29 is 4.92 Å². The van der Waals surface area contributed by atoms with Crippen LogP contribution in [0.5, 0.6) is 0 Å². The van der Waals surface area contributed by atoms with Crippen LogP contribution in [0, 0.1) is 10.1 Å². The van der Waals surface area contributed by atoms with Gasteiger partial charge in [-0.1, -0.05) is 18.2 Å². The van der Waals surface area contributed by atoms with Gasteiger partial charge in [-0.15, -0.1) is 24.0 Å². The number of rotatable bonds is 10. The number of nitrogens with one attached hydrogen (secondary N) is 2. The Morgan fingerprint density at radius 1 is 1.18 bits per heavy atom. The Bertz CT molecular complexity index is 729. The number of halogens is 1. The average molecular weight is 515 g/mol. The number of guanidine groups is 1. The zero-order valence-corrected chi connectivity index (χ0v) is 19.0. The Kier molecular flexibility index (Phi) is 12.2. The van der Waals surface area contributed by atoms with Gasteiger partial charge in [-0.25, -0.2) is 4.99 Å². The maximum atomic E-state index is 10.7. The molecule has 0 spiro atoms. The number of thioether (sulfide) groups is 1. The third-order valence-electron chi connectivity index (χ3n) is 3.78. The maximum absolute atomic E-state index is 10.7. The molecule has 2 rings (SSSR count). The molecule has 0 amide bonds. The zero-order valence-electron chi connectivity index (χ0n) is 15.8. The second-order valence-corrected chi connectivity index (χ2v) is 6.84. The average Bonchev–Trinajstić information content (AvgIpc) is 2.70. The number of benzene rings is 1. The van der Waals surface area contributed by atoms with Gasteiger partial charge in [-0.3, -0.25) is 15.1 Å². The molecule has 1 aromatic heterocycles. The Labute approximate surface area is 187 Å². The van der Waals surface area contributed by atoms with Crippen molar-refractivity contribution in [2.45, 2.75) is 19.4 Å². The first-order valence-electron chi connectivity index (χ1n) is 8.83. The van der Waals surface area contributed by atoms with Gasteiger partial charge in [0.15, 0.2) is 5.96 Å². The summed E-state index contributed by atoms with van der Waals surface area (Å²) in [5, 5.41) is 17.4. The summed E-state index contributed by atoms with van der Waals surface area (Å²) in [5.41, 5.74) is 2.05. The third kappa shape index (κ3) is 9.36. The lowest BCUT2D eigenvalue weighted by Crippen LogP contribution is -2.39. The molecule has 2 N–H and O–H groups in total. The summed E-state index contributed by atoms with van der Waals surface area (Å²) >= 11 is 1.82. The van der Waals surface area contributed by atoms with E-state index in [2.05, 4.69) is 26.9 Å². The number of non-ortho nitro benzene ring substituents is 1. The first kappa shape index (κ1) is 24.2. The molecule has 0 radical (unpaired) electrons. The van der Waals surface area contributed by atoms with Crippen LogP contribution in [0.4, 0.5) is 5.69 Å². The lowest BCUT2D eigenvalue weighted by atomic mass is 10.2. The van der Waals surface area contributed by atoms with Crippen molar-refractivity contribution in [3.63, 3.8) is 0 Å². The summed E-state index contributed by atoms with van der Waals surface area (Å²) in [5.74, 6) is 1.83. The van der Waals surface area contributed by atoms with Crippen LogP contribution in [0.25, 0.3) is 0 Å². The van der Waals surface area contributed by atoms with Gasteiger partial charge in [0.1, 0.15) is 0 Å². The standard InChI is InChI=1S/C19H25N5O2S.HI/c1-27-14-4-12-21-19(22-13-10-17-5-2-3-11-20-17)23-15-16-6-8-18(9-7-16)24(25)26;/h2-3,5-9,11H,4,10,12-15H2,1H3,(H2,21,22,23);1H. The third-order valence-corrected chi connectivity index (χ3v) is 4.48. The molecular weight excluding hydrogens is 489 g/mol. The second-order valence-electron chi connectivity index (χ2n) is 5.86. The van der Waals surface area contributed by atoms with Crippen molar-refractivity contribution in [3.8, 4) is 0 Å². The molecule has 0 saturated heterocycles. The maximum Gasteiger partial charge on any atom is 0.269 e. The molecule has 0 fully saturated rings. The monoisotopic (exact) mass is 515 g/mol. The molecule has 28 heavy (non-hydrogen) atoms. The van der Waals surface area contributed by atoms with Crippen LogP contribution >= 0.6 is 35.7 Å². The molecule has 1 heterocycles. The van der Waals surface area contributed by atoms with E-state index in [-0.39, 0.29) is 29.7 Å². The molecule has 7 nitrogen and oxygen atoms in total. The molecule has 0 atom stereocenters. The molecule has 0 aliphatic heterocycles. The summed E-state index contributed by atoms with van der Waals surface area (Å²) < 4.78 is 0. The summed E-state index contributed by atoms with van der Waals surface area (Å²) in [7, 11) is 0. The van der Waals surface area contributed by atoms with Crippen molar-refractivity contribution in [1.82, 2.24) is 15.6 Å². The van der Waals surface area contributed by atoms with Crippen LogP contribution in [0.15, 0.2) is 53.7 Å². The molecule has 0 unspecified atom stereocenters. The second kappa shape index (κ2) is 14.2. The molecule has 0 bridgehead atoms. The van der Waals surface area contributed by atoms with Crippen LogP contribution < -0.4 is 10.6 Å². The number of nitro groups is 1. The van der Waals surface area contributed by atoms with E-state index in [1.807, 2.05) is 30.0 Å². The Balaban J connectivity index is 0.00000392. The molecule has 2 aromatic rings. The molecule has 9 heteroatoms. The van der Waals surface area contributed by atoms with E-state index in [1.165, 1.54) is 12.1 Å². The van der Waals surface area contributed by atoms with Gasteiger partial charge in [0.2, 0.25) is 0 Å². The largest absolute Gasteiger partial charge is 0.356 e. The van der Waals surface area contributed by atoms with Crippen LogP contribution in [-0.2, 0) is 13.0 Å². The SMILES string of the molecule is CSCCCNC(=NCc1ccc([N+](=O)[O-])cc1)NCCc1ccccn1.I. The van der Waals surface area contributed by atoms with Gasteiger partial charge in [-0.2, -0.15) is 11.8 Å².